The Labute approximate surface area is 87.8 Å². The molecule has 1 amide bonds. The Kier molecular flexibility index (Phi) is 4.37. The smallest absolute Gasteiger partial charge is 0.243 e. The van der Waals surface area contributed by atoms with E-state index in [9.17, 15) is 4.79 Å². The molecule has 0 saturated carbocycles. The predicted octanol–water partition coefficient (Wildman–Crippen LogP) is 2.75. The zero-order valence-electron chi connectivity index (χ0n) is 10.1. The van der Waals surface area contributed by atoms with E-state index < -0.39 is 0 Å². The van der Waals surface area contributed by atoms with Crippen molar-refractivity contribution in [1.82, 2.24) is 5.32 Å². The predicted molar refractivity (Wildman–Crippen MR) is 61.1 cm³/mol. The van der Waals surface area contributed by atoms with Gasteiger partial charge in [0.2, 0.25) is 5.91 Å². The summed E-state index contributed by atoms with van der Waals surface area (Å²) in [6.07, 6.45) is 2.39. The van der Waals surface area contributed by atoms with E-state index in [4.69, 9.17) is 0 Å². The van der Waals surface area contributed by atoms with Gasteiger partial charge in [-0.1, -0.05) is 41.2 Å². The Hall–Kier alpha value is -0.790. The lowest BCUT2D eigenvalue weighted by molar-refractivity contribution is -0.117. The van der Waals surface area contributed by atoms with Crippen LogP contribution >= 0.6 is 0 Å². The van der Waals surface area contributed by atoms with Gasteiger partial charge in [-0.2, -0.15) is 0 Å². The minimum atomic E-state index is -0.0908. The Morgan fingerprint density at radius 1 is 1.29 bits per heavy atom. The maximum atomic E-state index is 11.0. The van der Waals surface area contributed by atoms with Gasteiger partial charge in [0.05, 0.1) is 0 Å². The summed E-state index contributed by atoms with van der Waals surface area (Å²) in [5, 5.41) is 2.84. The summed E-state index contributed by atoms with van der Waals surface area (Å²) >= 11 is 0. The SMILES string of the molecule is C=CC(=O)NCC(C)(C)CC(C)(C)C. The lowest BCUT2D eigenvalue weighted by atomic mass is 9.76. The summed E-state index contributed by atoms with van der Waals surface area (Å²) in [5.74, 6) is -0.0908. The molecular weight excluding hydrogens is 174 g/mol. The van der Waals surface area contributed by atoms with Crippen molar-refractivity contribution in [2.75, 3.05) is 6.54 Å². The van der Waals surface area contributed by atoms with Gasteiger partial charge in [-0.05, 0) is 23.3 Å². The van der Waals surface area contributed by atoms with Crippen LogP contribution in [0.1, 0.15) is 41.0 Å². The molecule has 14 heavy (non-hydrogen) atoms. The number of rotatable bonds is 4. The van der Waals surface area contributed by atoms with Crippen LogP contribution in [0.2, 0.25) is 0 Å². The van der Waals surface area contributed by atoms with Gasteiger partial charge >= 0.3 is 0 Å². The molecule has 0 radical (unpaired) electrons. The molecule has 0 unspecified atom stereocenters. The molecule has 0 fully saturated rings. The molecular formula is C12H23NO. The van der Waals surface area contributed by atoms with Crippen molar-refractivity contribution < 1.29 is 4.79 Å². The van der Waals surface area contributed by atoms with Crippen molar-refractivity contribution in [2.24, 2.45) is 10.8 Å². The number of amides is 1. The van der Waals surface area contributed by atoms with Gasteiger partial charge in [0.15, 0.2) is 0 Å². The second kappa shape index (κ2) is 4.63. The first-order chi connectivity index (χ1) is 6.16. The molecule has 1 N–H and O–H groups in total. The first-order valence-electron chi connectivity index (χ1n) is 5.07. The highest BCUT2D eigenvalue weighted by Crippen LogP contribution is 2.32. The highest BCUT2D eigenvalue weighted by atomic mass is 16.1. The second-order valence-electron chi connectivity index (χ2n) is 5.82. The van der Waals surface area contributed by atoms with Crippen molar-refractivity contribution in [3.05, 3.63) is 12.7 Å². The molecule has 0 spiro atoms. The van der Waals surface area contributed by atoms with E-state index in [1.807, 2.05) is 0 Å². The van der Waals surface area contributed by atoms with Crippen molar-refractivity contribution in [3.8, 4) is 0 Å². The molecule has 0 aromatic carbocycles. The zero-order valence-corrected chi connectivity index (χ0v) is 10.1. The third kappa shape index (κ3) is 6.70. The molecule has 0 heterocycles. The molecule has 0 aromatic rings. The van der Waals surface area contributed by atoms with Gasteiger partial charge in [0, 0.05) is 6.54 Å². The highest BCUT2D eigenvalue weighted by Gasteiger charge is 2.25. The Balaban J connectivity index is 4.08. The van der Waals surface area contributed by atoms with E-state index in [1.54, 1.807) is 0 Å². The zero-order chi connectivity index (χ0) is 11.4. The standard InChI is InChI=1S/C12H23NO/c1-7-10(14)13-9-12(5,6)8-11(2,3)4/h7H,1,8-9H2,2-6H3,(H,13,14). The quantitative estimate of drug-likeness (QED) is 0.690. The molecule has 0 aromatic heterocycles. The minimum Gasteiger partial charge on any atom is -0.352 e. The third-order valence-electron chi connectivity index (χ3n) is 1.94. The molecule has 2 nitrogen and oxygen atoms in total. The van der Waals surface area contributed by atoms with Crippen molar-refractivity contribution >= 4 is 5.91 Å². The van der Waals surface area contributed by atoms with Crippen LogP contribution in [-0.4, -0.2) is 12.5 Å². The summed E-state index contributed by atoms with van der Waals surface area (Å²) in [4.78, 5) is 11.0. The van der Waals surface area contributed by atoms with Crippen LogP contribution in [0.3, 0.4) is 0 Å². The summed E-state index contributed by atoms with van der Waals surface area (Å²) in [7, 11) is 0. The summed E-state index contributed by atoms with van der Waals surface area (Å²) in [5.41, 5.74) is 0.430. The lowest BCUT2D eigenvalue weighted by Gasteiger charge is -2.32. The first-order valence-corrected chi connectivity index (χ1v) is 5.07. The van der Waals surface area contributed by atoms with Gasteiger partial charge in [-0.15, -0.1) is 0 Å². The number of hydrogen-bond acceptors (Lipinski definition) is 1. The van der Waals surface area contributed by atoms with E-state index >= 15 is 0 Å². The maximum absolute atomic E-state index is 11.0. The van der Waals surface area contributed by atoms with Crippen LogP contribution in [0, 0.1) is 10.8 Å². The monoisotopic (exact) mass is 197 g/mol. The molecule has 82 valence electrons. The van der Waals surface area contributed by atoms with E-state index in [0.29, 0.717) is 12.0 Å². The molecule has 0 bridgehead atoms. The Morgan fingerprint density at radius 2 is 1.79 bits per heavy atom. The van der Waals surface area contributed by atoms with E-state index in [-0.39, 0.29) is 11.3 Å². The molecule has 0 aliphatic heterocycles. The van der Waals surface area contributed by atoms with Crippen LogP contribution < -0.4 is 5.32 Å². The topological polar surface area (TPSA) is 29.1 Å². The van der Waals surface area contributed by atoms with Crippen LogP contribution in [0.15, 0.2) is 12.7 Å². The summed E-state index contributed by atoms with van der Waals surface area (Å²) < 4.78 is 0. The highest BCUT2D eigenvalue weighted by molar-refractivity contribution is 5.86. The second-order valence-corrected chi connectivity index (χ2v) is 5.82. The lowest BCUT2D eigenvalue weighted by Crippen LogP contribution is -2.35. The molecule has 0 atom stereocenters. The molecule has 0 aliphatic rings. The fourth-order valence-corrected chi connectivity index (χ4v) is 1.90. The van der Waals surface area contributed by atoms with Crippen LogP contribution in [0.25, 0.3) is 0 Å². The first kappa shape index (κ1) is 13.2. The van der Waals surface area contributed by atoms with Crippen LogP contribution in [0.4, 0.5) is 0 Å². The third-order valence-corrected chi connectivity index (χ3v) is 1.94. The van der Waals surface area contributed by atoms with Crippen molar-refractivity contribution in [1.29, 1.82) is 0 Å². The average Bonchev–Trinajstić information content (AvgIpc) is 1.96. The van der Waals surface area contributed by atoms with E-state index in [0.717, 1.165) is 6.42 Å². The number of carbonyl (C=O) groups is 1. The Bertz CT molecular complexity index is 211. The molecule has 0 rings (SSSR count). The molecule has 0 saturated heterocycles. The molecule has 2 heteroatoms. The van der Waals surface area contributed by atoms with Crippen molar-refractivity contribution in [3.63, 3.8) is 0 Å². The van der Waals surface area contributed by atoms with Gasteiger partial charge in [0.25, 0.3) is 0 Å². The van der Waals surface area contributed by atoms with Gasteiger partial charge < -0.3 is 5.32 Å². The van der Waals surface area contributed by atoms with Gasteiger partial charge in [-0.3, -0.25) is 4.79 Å². The fraction of sp³-hybridized carbons (Fsp3) is 0.750. The normalized spacial score (nSPS) is 12.4. The Morgan fingerprint density at radius 3 is 2.14 bits per heavy atom. The number of hydrogen-bond donors (Lipinski definition) is 1. The minimum absolute atomic E-state index is 0.0908. The average molecular weight is 197 g/mol. The maximum Gasteiger partial charge on any atom is 0.243 e. The molecule has 0 aliphatic carbocycles. The van der Waals surface area contributed by atoms with E-state index in [2.05, 4.69) is 46.5 Å². The number of nitrogens with one attached hydrogen (secondary N) is 1. The van der Waals surface area contributed by atoms with E-state index in [1.165, 1.54) is 6.08 Å². The van der Waals surface area contributed by atoms with Gasteiger partial charge in [0.1, 0.15) is 0 Å². The summed E-state index contributed by atoms with van der Waals surface area (Å²) in [6.45, 7) is 15.1. The van der Waals surface area contributed by atoms with Crippen LogP contribution in [0.5, 0.6) is 0 Å². The number of carbonyl (C=O) groups excluding carboxylic acids is 1. The van der Waals surface area contributed by atoms with Crippen molar-refractivity contribution in [2.45, 2.75) is 41.0 Å². The summed E-state index contributed by atoms with van der Waals surface area (Å²) in [6, 6.07) is 0. The largest absolute Gasteiger partial charge is 0.352 e. The van der Waals surface area contributed by atoms with Gasteiger partial charge in [-0.25, -0.2) is 0 Å². The fourth-order valence-electron chi connectivity index (χ4n) is 1.90. The van der Waals surface area contributed by atoms with Crippen LogP contribution in [-0.2, 0) is 4.79 Å².